The first-order valence-electron chi connectivity index (χ1n) is 7.51. The summed E-state index contributed by atoms with van der Waals surface area (Å²) >= 11 is 0. The second-order valence-electron chi connectivity index (χ2n) is 5.79. The molecule has 0 aromatic rings. The Morgan fingerprint density at radius 3 is 2.67 bits per heavy atom. The highest BCUT2D eigenvalue weighted by molar-refractivity contribution is 4.75. The Hall–Kier alpha value is -0.160. The van der Waals surface area contributed by atoms with Crippen molar-refractivity contribution in [3.05, 3.63) is 0 Å². The molecule has 2 aliphatic rings. The quantitative estimate of drug-likeness (QED) is 0.780. The van der Waals surface area contributed by atoms with Crippen LogP contribution in [0.4, 0.5) is 0 Å². The maximum atomic E-state index is 5.80. The van der Waals surface area contributed by atoms with E-state index in [0.29, 0.717) is 6.10 Å². The number of hydrogen-bond acceptors (Lipinski definition) is 4. The van der Waals surface area contributed by atoms with Crippen molar-refractivity contribution in [3.8, 4) is 0 Å². The van der Waals surface area contributed by atoms with Crippen LogP contribution in [0.1, 0.15) is 19.8 Å². The highest BCUT2D eigenvalue weighted by Gasteiger charge is 2.20. The van der Waals surface area contributed by atoms with Gasteiger partial charge in [0.2, 0.25) is 0 Å². The van der Waals surface area contributed by atoms with Crippen molar-refractivity contribution in [2.45, 2.75) is 25.9 Å². The number of piperidine rings is 1. The Balaban J connectivity index is 1.57. The topological polar surface area (TPSA) is 27.7 Å². The molecule has 2 aliphatic heterocycles. The summed E-state index contributed by atoms with van der Waals surface area (Å²) in [5.41, 5.74) is 0. The molecule has 106 valence electrons. The van der Waals surface area contributed by atoms with Crippen molar-refractivity contribution in [2.75, 3.05) is 59.5 Å². The summed E-state index contributed by atoms with van der Waals surface area (Å²) in [6.07, 6.45) is 3.08. The summed E-state index contributed by atoms with van der Waals surface area (Å²) in [6, 6.07) is 0. The van der Waals surface area contributed by atoms with Gasteiger partial charge >= 0.3 is 0 Å². The van der Waals surface area contributed by atoms with Gasteiger partial charge in [0.15, 0.2) is 0 Å². The highest BCUT2D eigenvalue weighted by atomic mass is 16.5. The molecule has 1 atom stereocenters. The van der Waals surface area contributed by atoms with Gasteiger partial charge in [0.25, 0.3) is 0 Å². The van der Waals surface area contributed by atoms with E-state index >= 15 is 0 Å². The SMILES string of the molecule is CCN1CCOC(CNCC2CCN(C)CC2)C1. The lowest BCUT2D eigenvalue weighted by Gasteiger charge is -2.33. The lowest BCUT2D eigenvalue weighted by molar-refractivity contribution is -0.0257. The summed E-state index contributed by atoms with van der Waals surface area (Å²) in [5, 5.41) is 3.61. The molecule has 1 unspecified atom stereocenters. The Kier molecular flexibility index (Phi) is 5.89. The molecule has 0 bridgehead atoms. The lowest BCUT2D eigenvalue weighted by atomic mass is 9.97. The Bertz CT molecular complexity index is 229. The van der Waals surface area contributed by atoms with Gasteiger partial charge in [-0.1, -0.05) is 6.92 Å². The molecule has 1 N–H and O–H groups in total. The average Bonchev–Trinajstić information content (AvgIpc) is 2.41. The molecule has 0 aromatic carbocycles. The summed E-state index contributed by atoms with van der Waals surface area (Å²) in [5.74, 6) is 0.868. The van der Waals surface area contributed by atoms with Gasteiger partial charge in [-0.2, -0.15) is 0 Å². The lowest BCUT2D eigenvalue weighted by Crippen LogP contribution is -2.47. The van der Waals surface area contributed by atoms with E-state index in [1.165, 1.54) is 32.5 Å². The van der Waals surface area contributed by atoms with Crippen LogP contribution >= 0.6 is 0 Å². The van der Waals surface area contributed by atoms with Crippen molar-refractivity contribution >= 4 is 0 Å². The molecule has 0 aromatic heterocycles. The van der Waals surface area contributed by atoms with Crippen molar-refractivity contribution < 1.29 is 4.74 Å². The van der Waals surface area contributed by atoms with Gasteiger partial charge in [-0.05, 0) is 52.0 Å². The number of rotatable bonds is 5. The van der Waals surface area contributed by atoms with Crippen LogP contribution < -0.4 is 5.32 Å². The number of hydrogen-bond donors (Lipinski definition) is 1. The molecule has 0 aliphatic carbocycles. The number of likely N-dealkylation sites (N-methyl/N-ethyl adjacent to an activating group) is 1. The Morgan fingerprint density at radius 1 is 1.17 bits per heavy atom. The summed E-state index contributed by atoms with van der Waals surface area (Å²) in [7, 11) is 2.22. The molecule has 0 amide bonds. The van der Waals surface area contributed by atoms with Gasteiger partial charge in [-0.15, -0.1) is 0 Å². The maximum Gasteiger partial charge on any atom is 0.0826 e. The average molecular weight is 255 g/mol. The first-order chi connectivity index (χ1) is 8.78. The third-order valence-electron chi connectivity index (χ3n) is 4.31. The van der Waals surface area contributed by atoms with Gasteiger partial charge in [-0.25, -0.2) is 0 Å². The van der Waals surface area contributed by atoms with Crippen LogP contribution in [0.15, 0.2) is 0 Å². The van der Waals surface area contributed by atoms with E-state index in [1.54, 1.807) is 0 Å². The molecule has 2 saturated heterocycles. The predicted molar refractivity (Wildman–Crippen MR) is 74.9 cm³/mol. The monoisotopic (exact) mass is 255 g/mol. The zero-order chi connectivity index (χ0) is 12.8. The molecule has 2 rings (SSSR count). The normalized spacial score (nSPS) is 28.7. The first kappa shape index (κ1) is 14.3. The Labute approximate surface area is 112 Å². The van der Waals surface area contributed by atoms with Gasteiger partial charge in [-0.3, -0.25) is 4.90 Å². The van der Waals surface area contributed by atoms with Crippen molar-refractivity contribution in [1.29, 1.82) is 0 Å². The third kappa shape index (κ3) is 4.50. The number of likely N-dealkylation sites (tertiary alicyclic amines) is 1. The maximum absolute atomic E-state index is 5.80. The van der Waals surface area contributed by atoms with Crippen LogP contribution in [-0.2, 0) is 4.74 Å². The molecule has 18 heavy (non-hydrogen) atoms. The van der Waals surface area contributed by atoms with E-state index < -0.39 is 0 Å². The molecular weight excluding hydrogens is 226 g/mol. The summed E-state index contributed by atoms with van der Waals surface area (Å²) in [6.45, 7) is 11.2. The number of nitrogens with one attached hydrogen (secondary N) is 1. The fourth-order valence-corrected chi connectivity index (χ4v) is 2.91. The van der Waals surface area contributed by atoms with Crippen LogP contribution in [0.5, 0.6) is 0 Å². The van der Waals surface area contributed by atoms with E-state index in [0.717, 1.165) is 38.7 Å². The molecule has 0 radical (unpaired) electrons. The largest absolute Gasteiger partial charge is 0.374 e. The van der Waals surface area contributed by atoms with Crippen LogP contribution in [0.2, 0.25) is 0 Å². The minimum atomic E-state index is 0.393. The molecule has 0 saturated carbocycles. The first-order valence-corrected chi connectivity index (χ1v) is 7.51. The van der Waals surface area contributed by atoms with E-state index in [1.807, 2.05) is 0 Å². The summed E-state index contributed by atoms with van der Waals surface area (Å²) < 4.78 is 5.80. The van der Waals surface area contributed by atoms with Crippen molar-refractivity contribution in [2.24, 2.45) is 5.92 Å². The standard InChI is InChI=1S/C14H29N3O/c1-3-17-8-9-18-14(12-17)11-15-10-13-4-6-16(2)7-5-13/h13-15H,3-12H2,1-2H3. The molecule has 2 heterocycles. The predicted octanol–water partition coefficient (Wildman–Crippen LogP) is 0.639. The zero-order valence-electron chi connectivity index (χ0n) is 12.0. The molecule has 0 spiro atoms. The minimum absolute atomic E-state index is 0.393. The molecular formula is C14H29N3O. The van der Waals surface area contributed by atoms with E-state index in [4.69, 9.17) is 4.74 Å². The van der Waals surface area contributed by atoms with Crippen molar-refractivity contribution in [3.63, 3.8) is 0 Å². The fourth-order valence-electron chi connectivity index (χ4n) is 2.91. The molecule has 4 heteroatoms. The summed E-state index contributed by atoms with van der Waals surface area (Å²) in [4.78, 5) is 4.91. The van der Waals surface area contributed by atoms with Crippen LogP contribution in [0, 0.1) is 5.92 Å². The zero-order valence-corrected chi connectivity index (χ0v) is 12.0. The van der Waals surface area contributed by atoms with E-state index in [9.17, 15) is 0 Å². The van der Waals surface area contributed by atoms with Gasteiger partial charge in [0.05, 0.1) is 12.7 Å². The fraction of sp³-hybridized carbons (Fsp3) is 1.00. The van der Waals surface area contributed by atoms with Crippen molar-refractivity contribution in [1.82, 2.24) is 15.1 Å². The van der Waals surface area contributed by atoms with Crippen LogP contribution in [0.25, 0.3) is 0 Å². The second-order valence-corrected chi connectivity index (χ2v) is 5.79. The molecule has 2 fully saturated rings. The van der Waals surface area contributed by atoms with E-state index in [-0.39, 0.29) is 0 Å². The second kappa shape index (κ2) is 7.43. The highest BCUT2D eigenvalue weighted by Crippen LogP contribution is 2.14. The van der Waals surface area contributed by atoms with Crippen LogP contribution in [-0.4, -0.2) is 75.4 Å². The number of morpholine rings is 1. The minimum Gasteiger partial charge on any atom is -0.374 e. The van der Waals surface area contributed by atoms with Crippen LogP contribution in [0.3, 0.4) is 0 Å². The van der Waals surface area contributed by atoms with Gasteiger partial charge < -0.3 is 15.0 Å². The Morgan fingerprint density at radius 2 is 1.94 bits per heavy atom. The van der Waals surface area contributed by atoms with Gasteiger partial charge in [0.1, 0.15) is 0 Å². The smallest absolute Gasteiger partial charge is 0.0826 e. The van der Waals surface area contributed by atoms with E-state index in [2.05, 4.69) is 29.1 Å². The number of ether oxygens (including phenoxy) is 1. The van der Waals surface area contributed by atoms with Gasteiger partial charge in [0, 0.05) is 19.6 Å². The third-order valence-corrected chi connectivity index (χ3v) is 4.31. The molecule has 4 nitrogen and oxygen atoms in total. The number of nitrogens with zero attached hydrogens (tertiary/aromatic N) is 2.